The van der Waals surface area contributed by atoms with Crippen LogP contribution in [0.5, 0.6) is 5.75 Å². The highest BCUT2D eigenvalue weighted by molar-refractivity contribution is 6.63. The first-order valence-electron chi connectivity index (χ1n) is 7.05. The van der Waals surface area contributed by atoms with Gasteiger partial charge in [-0.2, -0.15) is 0 Å². The second-order valence-electron chi connectivity index (χ2n) is 6.12. The maximum Gasteiger partial charge on any atom is 0.499 e. The second kappa shape index (κ2) is 5.51. The summed E-state index contributed by atoms with van der Waals surface area (Å²) in [6.45, 7) is 9.30. The van der Waals surface area contributed by atoms with E-state index < -0.39 is 34.7 Å². The fourth-order valence-electron chi connectivity index (χ4n) is 2.18. The van der Waals surface area contributed by atoms with Gasteiger partial charge in [0.15, 0.2) is 5.75 Å². The van der Waals surface area contributed by atoms with Crippen LogP contribution < -0.4 is 10.2 Å². The first kappa shape index (κ1) is 16.7. The number of ether oxygens (including phenoxy) is 1. The minimum atomic E-state index is -0.930. The molecule has 1 aromatic rings. The van der Waals surface area contributed by atoms with Crippen molar-refractivity contribution in [1.29, 1.82) is 0 Å². The van der Waals surface area contributed by atoms with E-state index in [0.717, 1.165) is 12.1 Å². The van der Waals surface area contributed by atoms with Gasteiger partial charge >= 0.3 is 12.8 Å². The molecule has 0 radical (unpaired) electrons. The molecule has 1 aromatic carbocycles. The lowest BCUT2D eigenvalue weighted by molar-refractivity contribution is -0.386. The highest BCUT2D eigenvalue weighted by Crippen LogP contribution is 2.38. The van der Waals surface area contributed by atoms with E-state index in [2.05, 4.69) is 0 Å². The molecule has 0 spiro atoms. The Morgan fingerprint density at radius 2 is 1.82 bits per heavy atom. The molecule has 0 unspecified atom stereocenters. The topological polar surface area (TPSA) is 70.8 Å². The first-order chi connectivity index (χ1) is 10.1. The van der Waals surface area contributed by atoms with Crippen LogP contribution in [0.3, 0.4) is 0 Å². The van der Waals surface area contributed by atoms with Crippen LogP contribution in [0.25, 0.3) is 0 Å². The van der Waals surface area contributed by atoms with E-state index in [1.807, 2.05) is 27.7 Å². The maximum atomic E-state index is 13.8. The van der Waals surface area contributed by atoms with Crippen LogP contribution in [0, 0.1) is 15.9 Å². The van der Waals surface area contributed by atoms with E-state index in [9.17, 15) is 14.5 Å². The van der Waals surface area contributed by atoms with Crippen molar-refractivity contribution in [2.24, 2.45) is 0 Å². The third-order valence-corrected chi connectivity index (χ3v) is 4.06. The molecular weight excluding hydrogens is 292 g/mol. The molecule has 1 aliphatic heterocycles. The molecule has 1 aliphatic rings. The van der Waals surface area contributed by atoms with Gasteiger partial charge in [0.25, 0.3) is 0 Å². The highest BCUT2D eigenvalue weighted by Gasteiger charge is 2.53. The number of nitro groups is 1. The number of nitro benzene ring substituents is 1. The number of hydrogen-bond acceptors (Lipinski definition) is 5. The SMILES string of the molecule is CCOc1c(B2OC(C)(C)C(C)(C)O2)cc(F)cc1[N+](=O)[O-]. The Hall–Kier alpha value is -1.67. The molecule has 0 saturated carbocycles. The zero-order chi connectivity index (χ0) is 16.7. The van der Waals surface area contributed by atoms with Crippen molar-refractivity contribution < 1.29 is 23.4 Å². The highest BCUT2D eigenvalue weighted by atomic mass is 19.1. The lowest BCUT2D eigenvalue weighted by atomic mass is 9.78. The van der Waals surface area contributed by atoms with E-state index >= 15 is 0 Å². The zero-order valence-electron chi connectivity index (χ0n) is 13.3. The molecule has 0 atom stereocenters. The smallest absolute Gasteiger partial charge is 0.487 e. The van der Waals surface area contributed by atoms with Gasteiger partial charge in [-0.3, -0.25) is 10.1 Å². The minimum absolute atomic E-state index is 0.0209. The van der Waals surface area contributed by atoms with Crippen LogP contribution in [0.15, 0.2) is 12.1 Å². The summed E-state index contributed by atoms with van der Waals surface area (Å²) in [5.41, 5.74) is -1.52. The Morgan fingerprint density at radius 1 is 1.27 bits per heavy atom. The van der Waals surface area contributed by atoms with Gasteiger partial charge in [-0.05, 0) is 40.7 Å². The summed E-state index contributed by atoms with van der Waals surface area (Å²) in [7, 11) is -0.930. The number of rotatable bonds is 4. The molecule has 22 heavy (non-hydrogen) atoms. The Labute approximate surface area is 128 Å². The predicted octanol–water partition coefficient (Wildman–Crippen LogP) is 2.43. The zero-order valence-corrected chi connectivity index (χ0v) is 13.3. The standard InChI is InChI=1S/C14H19BFNO5/c1-6-20-12-10(7-9(16)8-11(12)17(18)19)15-21-13(2,3)14(4,5)22-15/h7-8H,6H2,1-5H3. The summed E-state index contributed by atoms with van der Waals surface area (Å²) in [6, 6.07) is 1.99. The summed E-state index contributed by atoms with van der Waals surface area (Å²) < 4.78 is 30.8. The van der Waals surface area contributed by atoms with E-state index in [1.165, 1.54) is 0 Å². The van der Waals surface area contributed by atoms with E-state index in [4.69, 9.17) is 14.0 Å². The minimum Gasteiger partial charge on any atom is -0.487 e. The molecule has 2 rings (SSSR count). The van der Waals surface area contributed by atoms with Crippen molar-refractivity contribution in [3.8, 4) is 5.75 Å². The molecule has 0 amide bonds. The number of benzene rings is 1. The fourth-order valence-corrected chi connectivity index (χ4v) is 2.18. The largest absolute Gasteiger partial charge is 0.499 e. The van der Waals surface area contributed by atoms with Crippen LogP contribution >= 0.6 is 0 Å². The normalized spacial score (nSPS) is 19.3. The fraction of sp³-hybridized carbons (Fsp3) is 0.571. The summed E-state index contributed by atoms with van der Waals surface area (Å²) in [5.74, 6) is -0.757. The molecule has 0 aromatic heterocycles. The van der Waals surface area contributed by atoms with Gasteiger partial charge < -0.3 is 14.0 Å². The van der Waals surface area contributed by atoms with Gasteiger partial charge in [0, 0.05) is 5.46 Å². The van der Waals surface area contributed by atoms with Crippen molar-refractivity contribution >= 4 is 18.3 Å². The van der Waals surface area contributed by atoms with Gasteiger partial charge in [-0.1, -0.05) is 0 Å². The van der Waals surface area contributed by atoms with E-state index in [0.29, 0.717) is 0 Å². The van der Waals surface area contributed by atoms with Gasteiger partial charge in [0.1, 0.15) is 5.82 Å². The molecule has 1 saturated heterocycles. The maximum absolute atomic E-state index is 13.8. The number of halogens is 1. The third-order valence-electron chi connectivity index (χ3n) is 4.06. The molecule has 120 valence electrons. The Kier molecular flexibility index (Phi) is 4.19. The molecule has 8 heteroatoms. The van der Waals surface area contributed by atoms with Gasteiger partial charge in [0.05, 0.1) is 28.8 Å². The summed E-state index contributed by atoms with van der Waals surface area (Å²) in [5, 5.41) is 11.1. The predicted molar refractivity (Wildman–Crippen MR) is 79.9 cm³/mol. The van der Waals surface area contributed by atoms with Crippen molar-refractivity contribution in [1.82, 2.24) is 0 Å². The Bertz CT molecular complexity index is 589. The Balaban J connectivity index is 2.54. The molecule has 1 heterocycles. The van der Waals surface area contributed by atoms with Crippen molar-refractivity contribution in [3.63, 3.8) is 0 Å². The first-order valence-corrected chi connectivity index (χ1v) is 7.05. The van der Waals surface area contributed by atoms with Crippen molar-refractivity contribution in [3.05, 3.63) is 28.1 Å². The lowest BCUT2D eigenvalue weighted by Gasteiger charge is -2.32. The lowest BCUT2D eigenvalue weighted by Crippen LogP contribution is -2.41. The average molecular weight is 311 g/mol. The van der Waals surface area contributed by atoms with E-state index in [1.54, 1.807) is 6.92 Å². The van der Waals surface area contributed by atoms with Gasteiger partial charge in [-0.25, -0.2) is 4.39 Å². The monoisotopic (exact) mass is 311 g/mol. The summed E-state index contributed by atoms with van der Waals surface area (Å²) in [6.07, 6.45) is 0. The Morgan fingerprint density at radius 3 is 2.27 bits per heavy atom. The molecule has 0 aliphatic carbocycles. The van der Waals surface area contributed by atoms with Crippen LogP contribution in [-0.4, -0.2) is 29.9 Å². The summed E-state index contributed by atoms with van der Waals surface area (Å²) in [4.78, 5) is 10.5. The second-order valence-corrected chi connectivity index (χ2v) is 6.12. The molecule has 0 bridgehead atoms. The molecule has 1 fully saturated rings. The molecule has 0 N–H and O–H groups in total. The van der Waals surface area contributed by atoms with E-state index in [-0.39, 0.29) is 17.8 Å². The van der Waals surface area contributed by atoms with Crippen LogP contribution in [0.4, 0.5) is 10.1 Å². The van der Waals surface area contributed by atoms with Crippen LogP contribution in [0.1, 0.15) is 34.6 Å². The van der Waals surface area contributed by atoms with Crippen LogP contribution in [0.2, 0.25) is 0 Å². The molecule has 6 nitrogen and oxygen atoms in total. The van der Waals surface area contributed by atoms with Gasteiger partial charge in [-0.15, -0.1) is 0 Å². The number of hydrogen-bond donors (Lipinski definition) is 0. The van der Waals surface area contributed by atoms with Crippen molar-refractivity contribution in [2.45, 2.75) is 45.8 Å². The quantitative estimate of drug-likeness (QED) is 0.485. The average Bonchev–Trinajstić information content (AvgIpc) is 2.60. The van der Waals surface area contributed by atoms with Crippen LogP contribution in [-0.2, 0) is 9.31 Å². The summed E-state index contributed by atoms with van der Waals surface area (Å²) >= 11 is 0. The number of nitrogens with zero attached hydrogens (tertiary/aromatic N) is 1. The third kappa shape index (κ3) is 2.80. The van der Waals surface area contributed by atoms with Crippen molar-refractivity contribution in [2.75, 3.05) is 6.61 Å². The van der Waals surface area contributed by atoms with Gasteiger partial charge in [0.2, 0.25) is 0 Å². The molecular formula is C14H19BFNO5.